The van der Waals surface area contributed by atoms with E-state index in [1.807, 2.05) is 0 Å². The Morgan fingerprint density at radius 3 is 2.83 bits per heavy atom. The molecule has 2 rings (SSSR count). The lowest BCUT2D eigenvalue weighted by molar-refractivity contribution is 0.273. The van der Waals surface area contributed by atoms with Gasteiger partial charge in [-0.15, -0.1) is 0 Å². The summed E-state index contributed by atoms with van der Waals surface area (Å²) in [7, 11) is 2.17. The molecule has 0 radical (unpaired) electrons. The van der Waals surface area contributed by atoms with Crippen LogP contribution in [0.1, 0.15) is 44.6 Å². The lowest BCUT2D eigenvalue weighted by Gasteiger charge is -2.20. The zero-order valence-electron chi connectivity index (χ0n) is 11.6. The number of nitrogen functional groups attached to an aromatic ring is 1. The molecule has 0 unspecified atom stereocenters. The predicted molar refractivity (Wildman–Crippen MR) is 79.4 cm³/mol. The van der Waals surface area contributed by atoms with E-state index in [9.17, 15) is 0 Å². The largest absolute Gasteiger partial charge is 0.383 e. The maximum absolute atomic E-state index is 5.93. The zero-order chi connectivity index (χ0) is 13.1. The Hall–Kier alpha value is -0.810. The number of nitrogens with one attached hydrogen (secondary N) is 1. The molecule has 4 nitrogen and oxygen atoms in total. The van der Waals surface area contributed by atoms with Crippen molar-refractivity contribution in [1.82, 2.24) is 9.27 Å². The van der Waals surface area contributed by atoms with Crippen molar-refractivity contribution in [2.45, 2.75) is 45.1 Å². The molecule has 18 heavy (non-hydrogen) atoms. The normalized spacial score (nSPS) is 15.6. The van der Waals surface area contributed by atoms with E-state index in [-0.39, 0.29) is 0 Å². The van der Waals surface area contributed by atoms with Crippen molar-refractivity contribution in [3.05, 3.63) is 5.56 Å². The van der Waals surface area contributed by atoms with Crippen LogP contribution >= 0.6 is 11.5 Å². The van der Waals surface area contributed by atoms with Crippen molar-refractivity contribution < 1.29 is 0 Å². The average molecular weight is 268 g/mol. The zero-order valence-corrected chi connectivity index (χ0v) is 12.4. The van der Waals surface area contributed by atoms with Gasteiger partial charge in [0.15, 0.2) is 0 Å². The number of nitrogens with two attached hydrogens (primary N) is 1. The van der Waals surface area contributed by atoms with Crippen LogP contribution in [-0.2, 0) is 0 Å². The lowest BCUT2D eigenvalue weighted by atomic mass is 10.2. The second-order valence-corrected chi connectivity index (χ2v) is 6.21. The molecule has 1 saturated carbocycles. The smallest absolute Gasteiger partial charge is 0.142 e. The van der Waals surface area contributed by atoms with Gasteiger partial charge in [0.25, 0.3) is 0 Å². The molecule has 102 valence electrons. The summed E-state index contributed by atoms with van der Waals surface area (Å²) in [5.74, 6) is 1.41. The molecular weight excluding hydrogens is 244 g/mol. The van der Waals surface area contributed by atoms with Crippen LogP contribution < -0.4 is 11.1 Å². The van der Waals surface area contributed by atoms with Crippen LogP contribution in [0.15, 0.2) is 0 Å². The van der Waals surface area contributed by atoms with E-state index >= 15 is 0 Å². The Labute approximate surface area is 114 Å². The van der Waals surface area contributed by atoms with Gasteiger partial charge >= 0.3 is 0 Å². The highest BCUT2D eigenvalue weighted by Gasteiger charge is 2.30. The minimum Gasteiger partial charge on any atom is -0.383 e. The Balaban J connectivity index is 1.77. The first-order valence-electron chi connectivity index (χ1n) is 6.78. The van der Waals surface area contributed by atoms with E-state index in [0.717, 1.165) is 25.3 Å². The summed E-state index contributed by atoms with van der Waals surface area (Å²) in [6.07, 6.45) is 3.69. The minimum atomic E-state index is 0.617. The van der Waals surface area contributed by atoms with Crippen LogP contribution in [0.25, 0.3) is 0 Å². The topological polar surface area (TPSA) is 54.2 Å². The third-order valence-corrected chi connectivity index (χ3v) is 4.43. The van der Waals surface area contributed by atoms with E-state index in [0.29, 0.717) is 12.0 Å². The molecule has 0 saturated heterocycles. The molecule has 0 aromatic carbocycles. The molecule has 1 aromatic heterocycles. The highest BCUT2D eigenvalue weighted by atomic mass is 32.1. The minimum absolute atomic E-state index is 0.617. The van der Waals surface area contributed by atoms with Crippen LogP contribution in [0.5, 0.6) is 0 Å². The molecule has 0 aliphatic heterocycles. The fourth-order valence-electron chi connectivity index (χ4n) is 1.99. The molecule has 0 amide bonds. The van der Waals surface area contributed by atoms with Gasteiger partial charge in [0, 0.05) is 18.2 Å². The Morgan fingerprint density at radius 2 is 2.22 bits per heavy atom. The second kappa shape index (κ2) is 5.89. The van der Waals surface area contributed by atoms with Crippen molar-refractivity contribution >= 4 is 22.4 Å². The Kier molecular flexibility index (Phi) is 4.45. The van der Waals surface area contributed by atoms with E-state index in [2.05, 4.69) is 35.5 Å². The summed E-state index contributed by atoms with van der Waals surface area (Å²) in [5, 5.41) is 4.70. The first-order chi connectivity index (χ1) is 8.59. The first-order valence-corrected chi connectivity index (χ1v) is 7.56. The fraction of sp³-hybridized carbons (Fsp3) is 0.769. The molecule has 0 spiro atoms. The van der Waals surface area contributed by atoms with Crippen LogP contribution in [0.4, 0.5) is 10.8 Å². The van der Waals surface area contributed by atoms with Crippen LogP contribution in [0, 0.1) is 0 Å². The summed E-state index contributed by atoms with van der Waals surface area (Å²) in [6.45, 7) is 6.57. The number of hydrogen-bond donors (Lipinski definition) is 2. The lowest BCUT2D eigenvalue weighted by Crippen LogP contribution is -2.28. The number of rotatable bonds is 7. The molecule has 0 bridgehead atoms. The molecule has 1 aliphatic rings. The SMILES string of the molecule is CC(C)N(C)CCCNc1snc(N)c1C1CC1. The van der Waals surface area contributed by atoms with E-state index < -0.39 is 0 Å². The molecule has 1 fully saturated rings. The van der Waals surface area contributed by atoms with Gasteiger partial charge in [-0.2, -0.15) is 4.37 Å². The molecule has 1 heterocycles. The maximum Gasteiger partial charge on any atom is 0.142 e. The van der Waals surface area contributed by atoms with Crippen molar-refractivity contribution in [2.24, 2.45) is 0 Å². The number of aromatic nitrogens is 1. The molecule has 1 aromatic rings. The van der Waals surface area contributed by atoms with Gasteiger partial charge < -0.3 is 16.0 Å². The van der Waals surface area contributed by atoms with E-state index in [4.69, 9.17) is 5.73 Å². The van der Waals surface area contributed by atoms with Gasteiger partial charge in [-0.1, -0.05) is 0 Å². The summed E-state index contributed by atoms with van der Waals surface area (Å²) in [5.41, 5.74) is 7.20. The maximum atomic E-state index is 5.93. The molecule has 1 aliphatic carbocycles. The average Bonchev–Trinajstić information content (AvgIpc) is 3.09. The van der Waals surface area contributed by atoms with Gasteiger partial charge in [0.05, 0.1) is 0 Å². The van der Waals surface area contributed by atoms with E-state index in [1.165, 1.54) is 34.9 Å². The van der Waals surface area contributed by atoms with Gasteiger partial charge in [0.2, 0.25) is 0 Å². The Bertz CT molecular complexity index is 384. The van der Waals surface area contributed by atoms with Crippen LogP contribution in [-0.4, -0.2) is 35.5 Å². The highest BCUT2D eigenvalue weighted by molar-refractivity contribution is 7.10. The van der Waals surface area contributed by atoms with Crippen LogP contribution in [0.2, 0.25) is 0 Å². The van der Waals surface area contributed by atoms with Crippen molar-refractivity contribution in [3.63, 3.8) is 0 Å². The molecule has 0 atom stereocenters. The van der Waals surface area contributed by atoms with Gasteiger partial charge in [-0.25, -0.2) is 0 Å². The summed E-state index contributed by atoms with van der Waals surface area (Å²) in [6, 6.07) is 0.617. The molecular formula is C13H24N4S. The molecule has 3 N–H and O–H groups in total. The van der Waals surface area contributed by atoms with Gasteiger partial charge in [-0.05, 0) is 64.2 Å². The number of anilines is 2. The fourth-order valence-corrected chi connectivity index (χ4v) is 2.82. The predicted octanol–water partition coefficient (Wildman–Crippen LogP) is 2.74. The molecule has 5 heteroatoms. The standard InChI is InChI=1S/C13H24N4S/c1-9(2)17(3)8-4-7-15-13-11(10-5-6-10)12(14)16-18-13/h9-10,15H,4-8H2,1-3H3,(H2,14,16). The van der Waals surface area contributed by atoms with Crippen LogP contribution in [0.3, 0.4) is 0 Å². The summed E-state index contributed by atoms with van der Waals surface area (Å²) >= 11 is 1.51. The monoisotopic (exact) mass is 268 g/mol. The first kappa shape index (κ1) is 13.6. The summed E-state index contributed by atoms with van der Waals surface area (Å²) < 4.78 is 4.27. The third-order valence-electron chi connectivity index (χ3n) is 3.60. The van der Waals surface area contributed by atoms with Gasteiger partial charge in [0.1, 0.15) is 10.8 Å². The highest BCUT2D eigenvalue weighted by Crippen LogP contribution is 2.47. The van der Waals surface area contributed by atoms with Gasteiger partial charge in [-0.3, -0.25) is 0 Å². The second-order valence-electron chi connectivity index (χ2n) is 5.44. The van der Waals surface area contributed by atoms with Crippen molar-refractivity contribution in [1.29, 1.82) is 0 Å². The number of nitrogens with zero attached hydrogens (tertiary/aromatic N) is 2. The van der Waals surface area contributed by atoms with E-state index in [1.54, 1.807) is 0 Å². The summed E-state index contributed by atoms with van der Waals surface area (Å²) in [4.78, 5) is 2.37. The van der Waals surface area contributed by atoms with Crippen molar-refractivity contribution in [3.8, 4) is 0 Å². The third kappa shape index (κ3) is 3.36. The quantitative estimate of drug-likeness (QED) is 0.747. The Morgan fingerprint density at radius 1 is 1.50 bits per heavy atom. The number of hydrogen-bond acceptors (Lipinski definition) is 5. The van der Waals surface area contributed by atoms with Crippen molar-refractivity contribution in [2.75, 3.05) is 31.2 Å².